The molecule has 2 N–H and O–H groups in total. The third-order valence-electron chi connectivity index (χ3n) is 5.72. The number of hydrogen-bond acceptors (Lipinski definition) is 5. The van der Waals surface area contributed by atoms with Crippen LogP contribution in [0.1, 0.15) is 31.2 Å². The van der Waals surface area contributed by atoms with Gasteiger partial charge in [-0.05, 0) is 48.8 Å². The van der Waals surface area contributed by atoms with E-state index in [9.17, 15) is 9.59 Å². The van der Waals surface area contributed by atoms with E-state index in [0.29, 0.717) is 42.9 Å². The summed E-state index contributed by atoms with van der Waals surface area (Å²) in [7, 11) is 1.71. The number of hydrogen-bond donors (Lipinski definition) is 2. The molecule has 0 saturated carbocycles. The molecule has 0 saturated heterocycles. The van der Waals surface area contributed by atoms with Gasteiger partial charge in [0.05, 0.1) is 6.04 Å². The number of pyridine rings is 1. The lowest BCUT2D eigenvalue weighted by Gasteiger charge is -2.28. The Labute approximate surface area is 204 Å². The molecule has 0 fully saturated rings. The van der Waals surface area contributed by atoms with Crippen LogP contribution in [0.15, 0.2) is 60.8 Å². The lowest BCUT2D eigenvalue weighted by molar-refractivity contribution is -0.132. The van der Waals surface area contributed by atoms with Gasteiger partial charge in [-0.15, -0.1) is 0 Å². The number of nitrogens with one attached hydrogen (secondary N) is 1. The molecular formula is C26H30ClN3O4. The van der Waals surface area contributed by atoms with E-state index in [0.717, 1.165) is 16.3 Å². The fraction of sp³-hybridized carbons (Fsp3) is 0.346. The molecule has 0 radical (unpaired) electrons. The Bertz CT molecular complexity index is 1110. The SMILES string of the molecule is CN(C(=O)CCc1ccccc1Cl)[C@@H](CCCCO)COC(=O)Nc1cc2ccccc2cn1. The van der Waals surface area contributed by atoms with Gasteiger partial charge in [0.2, 0.25) is 5.91 Å². The number of aliphatic hydroxyl groups is 1. The highest BCUT2D eigenvalue weighted by Crippen LogP contribution is 2.19. The zero-order valence-corrected chi connectivity index (χ0v) is 20.0. The average molecular weight is 484 g/mol. The molecular weight excluding hydrogens is 454 g/mol. The number of fused-ring (bicyclic) bond motifs is 1. The summed E-state index contributed by atoms with van der Waals surface area (Å²) in [5, 5.41) is 14.3. The number of unbranched alkanes of at least 4 members (excludes halogenated alkanes) is 1. The first-order valence-electron chi connectivity index (χ1n) is 11.4. The summed E-state index contributed by atoms with van der Waals surface area (Å²) in [5.74, 6) is 0.332. The summed E-state index contributed by atoms with van der Waals surface area (Å²) in [4.78, 5) is 31.1. The molecule has 0 aliphatic rings. The Hall–Kier alpha value is -3.16. The van der Waals surface area contributed by atoms with Crippen LogP contribution >= 0.6 is 11.6 Å². The first kappa shape index (κ1) is 25.5. The topological polar surface area (TPSA) is 91.8 Å². The van der Waals surface area contributed by atoms with E-state index >= 15 is 0 Å². The third-order valence-corrected chi connectivity index (χ3v) is 6.09. The van der Waals surface area contributed by atoms with Gasteiger partial charge in [0.15, 0.2) is 0 Å². The Morgan fingerprint density at radius 3 is 2.62 bits per heavy atom. The van der Waals surface area contributed by atoms with Crippen LogP contribution < -0.4 is 5.32 Å². The van der Waals surface area contributed by atoms with Gasteiger partial charge in [-0.3, -0.25) is 10.1 Å². The van der Waals surface area contributed by atoms with Crippen LogP contribution in [0.25, 0.3) is 10.8 Å². The predicted octanol–water partition coefficient (Wildman–Crippen LogP) is 5.06. The van der Waals surface area contributed by atoms with Gasteiger partial charge < -0.3 is 14.7 Å². The van der Waals surface area contributed by atoms with Gasteiger partial charge in [-0.1, -0.05) is 54.1 Å². The second-order valence-electron chi connectivity index (χ2n) is 8.11. The number of ether oxygens (including phenoxy) is 1. The Morgan fingerprint density at radius 1 is 1.12 bits per heavy atom. The summed E-state index contributed by atoms with van der Waals surface area (Å²) in [6.07, 6.45) is 3.81. The molecule has 2 amide bonds. The van der Waals surface area contributed by atoms with Crippen molar-refractivity contribution in [3.8, 4) is 0 Å². The highest BCUT2D eigenvalue weighted by atomic mass is 35.5. The van der Waals surface area contributed by atoms with E-state index in [1.165, 1.54) is 0 Å². The molecule has 0 unspecified atom stereocenters. The molecule has 0 aliphatic heterocycles. The smallest absolute Gasteiger partial charge is 0.412 e. The lowest BCUT2D eigenvalue weighted by atomic mass is 10.1. The van der Waals surface area contributed by atoms with Crippen LogP contribution in [0.3, 0.4) is 0 Å². The minimum atomic E-state index is -0.633. The van der Waals surface area contributed by atoms with Crippen molar-refractivity contribution in [1.82, 2.24) is 9.88 Å². The number of amides is 2. The van der Waals surface area contributed by atoms with Crippen LogP contribution in [-0.4, -0.2) is 53.3 Å². The molecule has 1 atom stereocenters. The fourth-order valence-corrected chi connectivity index (χ4v) is 3.90. The number of halogens is 1. The molecule has 7 nitrogen and oxygen atoms in total. The number of carbonyl (C=O) groups excluding carboxylic acids is 2. The molecule has 0 spiro atoms. The van der Waals surface area contributed by atoms with Gasteiger partial charge in [-0.2, -0.15) is 0 Å². The number of carbonyl (C=O) groups is 2. The van der Waals surface area contributed by atoms with Gasteiger partial charge in [0.1, 0.15) is 12.4 Å². The maximum atomic E-state index is 12.8. The van der Waals surface area contributed by atoms with Gasteiger partial charge in [-0.25, -0.2) is 9.78 Å². The van der Waals surface area contributed by atoms with Gasteiger partial charge in [0.25, 0.3) is 0 Å². The van der Waals surface area contributed by atoms with E-state index in [1.54, 1.807) is 30.3 Å². The third kappa shape index (κ3) is 7.43. The van der Waals surface area contributed by atoms with Crippen molar-refractivity contribution in [2.24, 2.45) is 0 Å². The number of aryl methyl sites for hydroxylation is 1. The normalized spacial score (nSPS) is 11.7. The van der Waals surface area contributed by atoms with Crippen molar-refractivity contribution in [2.75, 3.05) is 25.6 Å². The predicted molar refractivity (Wildman–Crippen MR) is 134 cm³/mol. The van der Waals surface area contributed by atoms with Gasteiger partial charge in [0, 0.05) is 36.7 Å². The Morgan fingerprint density at radius 2 is 1.85 bits per heavy atom. The molecule has 180 valence electrons. The van der Waals surface area contributed by atoms with Crippen LogP contribution in [-0.2, 0) is 16.0 Å². The van der Waals surface area contributed by atoms with Crippen molar-refractivity contribution in [1.29, 1.82) is 0 Å². The largest absolute Gasteiger partial charge is 0.447 e. The number of benzene rings is 2. The lowest BCUT2D eigenvalue weighted by Crippen LogP contribution is -2.41. The van der Waals surface area contributed by atoms with Crippen LogP contribution in [0, 0.1) is 0 Å². The summed E-state index contributed by atoms with van der Waals surface area (Å²) < 4.78 is 5.44. The van der Waals surface area contributed by atoms with Crippen molar-refractivity contribution in [3.05, 3.63) is 71.4 Å². The minimum absolute atomic E-state index is 0.0408. The number of nitrogens with zero attached hydrogens (tertiary/aromatic N) is 2. The van der Waals surface area contributed by atoms with Gasteiger partial charge >= 0.3 is 6.09 Å². The molecule has 0 bridgehead atoms. The fourth-order valence-electron chi connectivity index (χ4n) is 3.67. The second-order valence-corrected chi connectivity index (χ2v) is 8.52. The number of aromatic nitrogens is 1. The molecule has 3 aromatic rings. The number of anilines is 1. The van der Waals surface area contributed by atoms with E-state index in [-0.39, 0.29) is 25.2 Å². The molecule has 3 rings (SSSR count). The first-order chi connectivity index (χ1) is 16.5. The van der Waals surface area contributed by atoms with Crippen molar-refractivity contribution >= 4 is 40.2 Å². The Kier molecular flexibility index (Phi) is 9.67. The average Bonchev–Trinajstić information content (AvgIpc) is 2.85. The molecule has 34 heavy (non-hydrogen) atoms. The molecule has 2 aromatic carbocycles. The van der Waals surface area contributed by atoms with Crippen molar-refractivity contribution < 1.29 is 19.4 Å². The summed E-state index contributed by atoms with van der Waals surface area (Å²) in [6.45, 7) is 0.116. The quantitative estimate of drug-likeness (QED) is 0.372. The summed E-state index contributed by atoms with van der Waals surface area (Å²) in [6, 6.07) is 16.7. The van der Waals surface area contributed by atoms with Crippen LogP contribution in [0.2, 0.25) is 5.02 Å². The molecule has 8 heteroatoms. The monoisotopic (exact) mass is 483 g/mol. The van der Waals surface area contributed by atoms with Crippen molar-refractivity contribution in [3.63, 3.8) is 0 Å². The zero-order chi connectivity index (χ0) is 24.3. The standard InChI is InChI=1S/C26H30ClN3O4/c1-30(25(32)14-13-19-8-4-5-12-23(19)27)22(11-6-7-15-31)18-34-26(33)29-24-16-20-9-2-3-10-21(20)17-28-24/h2-5,8-10,12,16-17,22,31H,6-7,11,13-15,18H2,1H3,(H,28,29,33)/t22-/m0/s1. The minimum Gasteiger partial charge on any atom is -0.447 e. The number of likely N-dealkylation sites (N-methyl/N-ethyl adjacent to an activating group) is 1. The molecule has 1 heterocycles. The second kappa shape index (κ2) is 12.9. The number of rotatable bonds is 11. The number of aliphatic hydroxyl groups excluding tert-OH is 1. The van der Waals surface area contributed by atoms with Crippen molar-refractivity contribution in [2.45, 2.75) is 38.1 Å². The molecule has 0 aliphatic carbocycles. The van der Waals surface area contributed by atoms with E-state index < -0.39 is 6.09 Å². The highest BCUT2D eigenvalue weighted by molar-refractivity contribution is 6.31. The van der Waals surface area contributed by atoms with Crippen LogP contribution in [0.5, 0.6) is 0 Å². The van der Waals surface area contributed by atoms with E-state index in [4.69, 9.17) is 21.4 Å². The zero-order valence-electron chi connectivity index (χ0n) is 19.2. The van der Waals surface area contributed by atoms with E-state index in [1.807, 2.05) is 42.5 Å². The molecule has 1 aromatic heterocycles. The maximum Gasteiger partial charge on any atom is 0.412 e. The van der Waals surface area contributed by atoms with E-state index in [2.05, 4.69) is 10.3 Å². The Balaban J connectivity index is 1.56. The summed E-state index contributed by atoms with van der Waals surface area (Å²) >= 11 is 6.20. The maximum absolute atomic E-state index is 12.8. The van der Waals surface area contributed by atoms with Crippen LogP contribution in [0.4, 0.5) is 10.6 Å². The summed E-state index contributed by atoms with van der Waals surface area (Å²) in [5.41, 5.74) is 0.918. The highest BCUT2D eigenvalue weighted by Gasteiger charge is 2.22. The first-order valence-corrected chi connectivity index (χ1v) is 11.7.